The molecule has 0 heterocycles. The molecule has 5 heteroatoms. The van der Waals surface area contributed by atoms with E-state index in [9.17, 15) is 9.59 Å². The summed E-state index contributed by atoms with van der Waals surface area (Å²) in [6.07, 6.45) is 1.83. The van der Waals surface area contributed by atoms with Gasteiger partial charge in [0, 0.05) is 18.0 Å². The average molecular weight is 353 g/mol. The number of hydrogen-bond acceptors (Lipinski definition) is 4. The molecule has 3 rings (SSSR count). The van der Waals surface area contributed by atoms with Crippen molar-refractivity contribution in [1.82, 2.24) is 5.32 Å². The van der Waals surface area contributed by atoms with Gasteiger partial charge >= 0.3 is 5.97 Å². The fourth-order valence-corrected chi connectivity index (χ4v) is 2.63. The summed E-state index contributed by atoms with van der Waals surface area (Å²) in [6.45, 7) is 0. The average Bonchev–Trinajstić information content (AvgIpc) is 3.49. The van der Waals surface area contributed by atoms with Crippen LogP contribution in [0.5, 0.6) is 5.75 Å². The molecule has 2 aromatic rings. The summed E-state index contributed by atoms with van der Waals surface area (Å²) in [5.41, 5.74) is 1.70. The number of carbonyl (C=O) groups is 2. The third kappa shape index (κ3) is 5.09. The zero-order chi connectivity index (χ0) is 18.4. The van der Waals surface area contributed by atoms with E-state index in [1.165, 1.54) is 0 Å². The Balaban J connectivity index is 1.59. The van der Waals surface area contributed by atoms with Gasteiger partial charge in [-0.25, -0.2) is 0 Å². The predicted molar refractivity (Wildman–Crippen MR) is 97.8 cm³/mol. The summed E-state index contributed by atoms with van der Waals surface area (Å²) < 4.78 is 10.6. The van der Waals surface area contributed by atoms with Gasteiger partial charge in [-0.3, -0.25) is 9.59 Å². The molecule has 26 heavy (non-hydrogen) atoms. The fourth-order valence-electron chi connectivity index (χ4n) is 2.63. The largest absolute Gasteiger partial charge is 0.497 e. The van der Waals surface area contributed by atoms with Crippen molar-refractivity contribution < 1.29 is 19.1 Å². The molecule has 0 unspecified atom stereocenters. The predicted octanol–water partition coefficient (Wildman–Crippen LogP) is 3.19. The van der Waals surface area contributed by atoms with Crippen LogP contribution in [-0.2, 0) is 20.7 Å². The number of carbonyl (C=O) groups excluding carboxylic acids is 2. The second kappa shape index (κ2) is 8.52. The van der Waals surface area contributed by atoms with Crippen LogP contribution in [0.3, 0.4) is 0 Å². The van der Waals surface area contributed by atoms with Crippen LogP contribution in [0.25, 0.3) is 0 Å². The summed E-state index contributed by atoms with van der Waals surface area (Å²) in [4.78, 5) is 24.8. The minimum atomic E-state index is -0.903. The molecule has 1 fully saturated rings. The number of methoxy groups -OCH3 is 1. The SMILES string of the molecule is COc1ccc(CCC(=O)O[C@@H](C(=O)NC2CC2)c2ccccc2)cc1. The van der Waals surface area contributed by atoms with Gasteiger partial charge in [0.05, 0.1) is 7.11 Å². The summed E-state index contributed by atoms with van der Waals surface area (Å²) >= 11 is 0. The van der Waals surface area contributed by atoms with Crippen LogP contribution in [0.4, 0.5) is 0 Å². The van der Waals surface area contributed by atoms with E-state index in [4.69, 9.17) is 9.47 Å². The Morgan fingerprint density at radius 2 is 1.77 bits per heavy atom. The fraction of sp³-hybridized carbons (Fsp3) is 0.333. The number of ether oxygens (including phenoxy) is 2. The van der Waals surface area contributed by atoms with Crippen LogP contribution in [0.1, 0.15) is 36.5 Å². The molecule has 0 radical (unpaired) electrons. The number of esters is 1. The highest BCUT2D eigenvalue weighted by Gasteiger charge is 2.30. The van der Waals surface area contributed by atoms with Crippen LogP contribution in [0.2, 0.25) is 0 Å². The van der Waals surface area contributed by atoms with Crippen LogP contribution >= 0.6 is 0 Å². The first-order valence-corrected chi connectivity index (χ1v) is 8.83. The molecule has 1 atom stereocenters. The number of amides is 1. The van der Waals surface area contributed by atoms with Crippen LogP contribution in [0, 0.1) is 0 Å². The molecule has 0 saturated heterocycles. The minimum absolute atomic E-state index is 0.215. The van der Waals surface area contributed by atoms with E-state index in [-0.39, 0.29) is 24.3 Å². The Kier molecular flexibility index (Phi) is 5.89. The third-order valence-electron chi connectivity index (χ3n) is 4.29. The molecule has 1 saturated carbocycles. The first-order valence-electron chi connectivity index (χ1n) is 8.83. The molecule has 0 spiro atoms. The van der Waals surface area contributed by atoms with E-state index in [1.54, 1.807) is 19.2 Å². The number of nitrogens with one attached hydrogen (secondary N) is 1. The van der Waals surface area contributed by atoms with Gasteiger partial charge in [0.2, 0.25) is 6.10 Å². The van der Waals surface area contributed by atoms with Gasteiger partial charge in [-0.15, -0.1) is 0 Å². The van der Waals surface area contributed by atoms with Crippen molar-refractivity contribution >= 4 is 11.9 Å². The van der Waals surface area contributed by atoms with Gasteiger partial charge in [0.15, 0.2) is 0 Å². The highest BCUT2D eigenvalue weighted by molar-refractivity contribution is 5.85. The van der Waals surface area contributed by atoms with Gasteiger partial charge in [-0.2, -0.15) is 0 Å². The van der Waals surface area contributed by atoms with Crippen molar-refractivity contribution in [1.29, 1.82) is 0 Å². The van der Waals surface area contributed by atoms with Gasteiger partial charge < -0.3 is 14.8 Å². The molecule has 5 nitrogen and oxygen atoms in total. The maximum absolute atomic E-state index is 12.5. The number of hydrogen-bond donors (Lipinski definition) is 1. The van der Waals surface area contributed by atoms with Crippen molar-refractivity contribution in [2.45, 2.75) is 37.8 Å². The molecule has 2 aromatic carbocycles. The third-order valence-corrected chi connectivity index (χ3v) is 4.29. The van der Waals surface area contributed by atoms with Crippen molar-refractivity contribution in [3.05, 3.63) is 65.7 Å². The quantitative estimate of drug-likeness (QED) is 0.740. The molecule has 1 aliphatic carbocycles. The Morgan fingerprint density at radius 1 is 1.08 bits per heavy atom. The maximum atomic E-state index is 12.5. The van der Waals surface area contributed by atoms with Crippen LogP contribution < -0.4 is 10.1 Å². The molecule has 1 aliphatic rings. The molecule has 136 valence electrons. The standard InChI is InChI=1S/C21H23NO4/c1-25-18-12-7-15(8-13-18)9-14-19(23)26-20(16-5-3-2-4-6-16)21(24)22-17-10-11-17/h2-8,12-13,17,20H,9-11,14H2,1H3,(H,22,24)/t20-/m1/s1. The molecular weight excluding hydrogens is 330 g/mol. The van der Waals surface area contributed by atoms with Gasteiger partial charge in [0.1, 0.15) is 5.75 Å². The molecule has 1 amide bonds. The lowest BCUT2D eigenvalue weighted by atomic mass is 10.1. The topological polar surface area (TPSA) is 64.6 Å². The molecule has 0 bridgehead atoms. The zero-order valence-corrected chi connectivity index (χ0v) is 14.8. The minimum Gasteiger partial charge on any atom is -0.497 e. The lowest BCUT2D eigenvalue weighted by Crippen LogP contribution is -2.33. The van der Waals surface area contributed by atoms with E-state index in [2.05, 4.69) is 5.32 Å². The summed E-state index contributed by atoms with van der Waals surface area (Å²) in [5.74, 6) is 0.134. The van der Waals surface area contributed by atoms with Crippen molar-refractivity contribution in [3.63, 3.8) is 0 Å². The number of aryl methyl sites for hydroxylation is 1. The van der Waals surface area contributed by atoms with Crippen LogP contribution in [0.15, 0.2) is 54.6 Å². The molecular formula is C21H23NO4. The van der Waals surface area contributed by atoms with Gasteiger partial charge in [0.25, 0.3) is 5.91 Å². The van der Waals surface area contributed by atoms with E-state index in [1.807, 2.05) is 42.5 Å². The highest BCUT2D eigenvalue weighted by atomic mass is 16.5. The Hall–Kier alpha value is -2.82. The summed E-state index contributed by atoms with van der Waals surface area (Å²) in [5, 5.41) is 2.91. The van der Waals surface area contributed by atoms with Gasteiger partial charge in [-0.05, 0) is 37.0 Å². The first-order chi connectivity index (χ1) is 12.7. The van der Waals surface area contributed by atoms with E-state index < -0.39 is 6.10 Å². The van der Waals surface area contributed by atoms with Crippen molar-refractivity contribution in [2.24, 2.45) is 0 Å². The maximum Gasteiger partial charge on any atom is 0.307 e. The van der Waals surface area contributed by atoms with E-state index >= 15 is 0 Å². The lowest BCUT2D eigenvalue weighted by Gasteiger charge is -2.18. The van der Waals surface area contributed by atoms with Gasteiger partial charge in [-0.1, -0.05) is 42.5 Å². The smallest absolute Gasteiger partial charge is 0.307 e. The second-order valence-electron chi connectivity index (χ2n) is 6.41. The Bertz CT molecular complexity index is 738. The van der Waals surface area contributed by atoms with Crippen molar-refractivity contribution in [2.75, 3.05) is 7.11 Å². The number of benzene rings is 2. The second-order valence-corrected chi connectivity index (χ2v) is 6.41. The Morgan fingerprint density at radius 3 is 2.38 bits per heavy atom. The highest BCUT2D eigenvalue weighted by Crippen LogP contribution is 2.23. The lowest BCUT2D eigenvalue weighted by molar-refractivity contribution is -0.156. The van der Waals surface area contributed by atoms with Crippen molar-refractivity contribution in [3.8, 4) is 5.75 Å². The summed E-state index contributed by atoms with van der Waals surface area (Å²) in [7, 11) is 1.61. The van der Waals surface area contributed by atoms with E-state index in [0.717, 1.165) is 24.2 Å². The first kappa shape index (κ1) is 18.0. The molecule has 0 aromatic heterocycles. The normalized spacial score (nSPS) is 14.3. The Labute approximate surface area is 153 Å². The molecule has 1 N–H and O–H groups in total. The monoisotopic (exact) mass is 353 g/mol. The zero-order valence-electron chi connectivity index (χ0n) is 14.8. The molecule has 0 aliphatic heterocycles. The van der Waals surface area contributed by atoms with E-state index in [0.29, 0.717) is 12.0 Å². The number of rotatable bonds is 8. The van der Waals surface area contributed by atoms with Crippen LogP contribution in [-0.4, -0.2) is 25.0 Å². The summed E-state index contributed by atoms with van der Waals surface area (Å²) in [6, 6.07) is 16.9.